The zero-order valence-electron chi connectivity index (χ0n) is 10.3. The van der Waals surface area contributed by atoms with Crippen molar-refractivity contribution in [2.24, 2.45) is 10.2 Å². The van der Waals surface area contributed by atoms with Crippen LogP contribution in [0.2, 0.25) is 0 Å². The fourth-order valence-corrected chi connectivity index (χ4v) is 1.28. The van der Waals surface area contributed by atoms with Gasteiger partial charge in [0, 0.05) is 10.0 Å². The molecule has 2 amide bonds. The van der Waals surface area contributed by atoms with Gasteiger partial charge in [-0.05, 0) is 45.0 Å². The molecular weight excluding hydrogens is 300 g/mol. The van der Waals surface area contributed by atoms with Crippen molar-refractivity contribution in [3.05, 3.63) is 34.3 Å². The highest BCUT2D eigenvalue weighted by Gasteiger charge is 2.16. The van der Waals surface area contributed by atoms with Crippen molar-refractivity contribution in [1.29, 1.82) is 0 Å². The Labute approximate surface area is 113 Å². The SMILES string of the molecule is CC(C)(C)OC(=O)N=NC(=O)c1ccc(Br)cc1. The Bertz CT molecular complexity index is 475. The minimum absolute atomic E-state index is 0.352. The summed E-state index contributed by atoms with van der Waals surface area (Å²) >= 11 is 3.25. The molecule has 6 heteroatoms. The summed E-state index contributed by atoms with van der Waals surface area (Å²) in [5, 5.41) is 6.52. The predicted molar refractivity (Wildman–Crippen MR) is 69.6 cm³/mol. The molecule has 0 atom stereocenters. The number of rotatable bonds is 1. The monoisotopic (exact) mass is 312 g/mol. The highest BCUT2D eigenvalue weighted by atomic mass is 79.9. The van der Waals surface area contributed by atoms with Crippen molar-refractivity contribution >= 4 is 27.9 Å². The molecule has 0 aliphatic rings. The molecule has 0 saturated carbocycles. The number of amides is 2. The van der Waals surface area contributed by atoms with Crippen LogP contribution in [0.5, 0.6) is 0 Å². The summed E-state index contributed by atoms with van der Waals surface area (Å²) in [6, 6.07) is 6.58. The summed E-state index contributed by atoms with van der Waals surface area (Å²) in [6.07, 6.45) is -0.882. The number of carbonyl (C=O) groups is 2. The zero-order valence-corrected chi connectivity index (χ0v) is 11.9. The van der Waals surface area contributed by atoms with Gasteiger partial charge in [-0.15, -0.1) is 0 Å². The molecule has 5 nitrogen and oxygen atoms in total. The molecule has 0 aliphatic heterocycles. The summed E-state index contributed by atoms with van der Waals surface area (Å²) in [6.45, 7) is 5.12. The van der Waals surface area contributed by atoms with Gasteiger partial charge in [0.1, 0.15) is 5.60 Å². The van der Waals surface area contributed by atoms with E-state index in [1.165, 1.54) is 0 Å². The van der Waals surface area contributed by atoms with E-state index in [1.807, 2.05) is 0 Å². The second-order valence-corrected chi connectivity index (χ2v) is 5.41. The van der Waals surface area contributed by atoms with Crippen LogP contribution in [0.3, 0.4) is 0 Å². The van der Waals surface area contributed by atoms with E-state index in [4.69, 9.17) is 4.74 Å². The van der Waals surface area contributed by atoms with Gasteiger partial charge >= 0.3 is 6.09 Å². The van der Waals surface area contributed by atoms with Crippen molar-refractivity contribution < 1.29 is 14.3 Å². The van der Waals surface area contributed by atoms with Gasteiger partial charge in [0.25, 0.3) is 5.91 Å². The van der Waals surface area contributed by atoms with Gasteiger partial charge in [-0.2, -0.15) is 0 Å². The van der Waals surface area contributed by atoms with Gasteiger partial charge in [-0.3, -0.25) is 4.79 Å². The van der Waals surface area contributed by atoms with Crippen LogP contribution in [0, 0.1) is 0 Å². The van der Waals surface area contributed by atoms with Gasteiger partial charge in [-0.25, -0.2) is 4.79 Å². The van der Waals surface area contributed by atoms with Gasteiger partial charge in [0.15, 0.2) is 0 Å². The molecule has 0 bridgehead atoms. The zero-order chi connectivity index (χ0) is 13.8. The minimum Gasteiger partial charge on any atom is -0.441 e. The number of ether oxygens (including phenoxy) is 1. The molecular formula is C12H13BrN2O3. The molecule has 1 aromatic carbocycles. The Kier molecular flexibility index (Phi) is 4.72. The molecule has 0 fully saturated rings. The first-order valence-electron chi connectivity index (χ1n) is 5.22. The first-order valence-corrected chi connectivity index (χ1v) is 6.02. The molecule has 1 rings (SSSR count). The Morgan fingerprint density at radius 3 is 2.17 bits per heavy atom. The predicted octanol–water partition coefficient (Wildman–Crippen LogP) is 3.98. The molecule has 0 N–H and O–H groups in total. The molecule has 0 spiro atoms. The third kappa shape index (κ3) is 5.18. The van der Waals surface area contributed by atoms with Crippen LogP contribution in [0.25, 0.3) is 0 Å². The average Bonchev–Trinajstić information content (AvgIpc) is 2.24. The van der Waals surface area contributed by atoms with E-state index in [1.54, 1.807) is 45.0 Å². The first kappa shape index (κ1) is 14.5. The molecule has 0 radical (unpaired) electrons. The van der Waals surface area contributed by atoms with Crippen LogP contribution < -0.4 is 0 Å². The lowest BCUT2D eigenvalue weighted by Gasteiger charge is -2.16. The van der Waals surface area contributed by atoms with E-state index < -0.39 is 17.6 Å². The van der Waals surface area contributed by atoms with E-state index in [-0.39, 0.29) is 0 Å². The maximum atomic E-state index is 11.5. The van der Waals surface area contributed by atoms with Crippen molar-refractivity contribution in [1.82, 2.24) is 0 Å². The summed E-state index contributed by atoms with van der Waals surface area (Å²) in [4.78, 5) is 22.7. The molecule has 1 aromatic rings. The van der Waals surface area contributed by atoms with Crippen molar-refractivity contribution in [2.75, 3.05) is 0 Å². The smallest absolute Gasteiger partial charge is 0.441 e. The Morgan fingerprint density at radius 2 is 1.67 bits per heavy atom. The van der Waals surface area contributed by atoms with Crippen LogP contribution in [0.4, 0.5) is 4.79 Å². The number of benzene rings is 1. The molecule has 96 valence electrons. The van der Waals surface area contributed by atoms with Crippen LogP contribution in [-0.4, -0.2) is 17.6 Å². The van der Waals surface area contributed by atoms with Crippen molar-refractivity contribution in [2.45, 2.75) is 26.4 Å². The molecule has 0 aromatic heterocycles. The highest BCUT2D eigenvalue weighted by molar-refractivity contribution is 9.10. The Hall–Kier alpha value is -1.56. The largest absolute Gasteiger partial charge is 0.453 e. The van der Waals surface area contributed by atoms with Gasteiger partial charge in [0.2, 0.25) is 0 Å². The summed E-state index contributed by atoms with van der Waals surface area (Å²) in [7, 11) is 0. The molecule has 0 aliphatic carbocycles. The lowest BCUT2D eigenvalue weighted by atomic mass is 10.2. The van der Waals surface area contributed by atoms with Crippen LogP contribution in [-0.2, 0) is 4.74 Å². The normalized spacial score (nSPS) is 11.6. The maximum Gasteiger partial charge on any atom is 0.453 e. The lowest BCUT2D eigenvalue weighted by Crippen LogP contribution is -2.21. The van der Waals surface area contributed by atoms with Crippen LogP contribution in [0.15, 0.2) is 39.0 Å². The van der Waals surface area contributed by atoms with Crippen LogP contribution >= 0.6 is 15.9 Å². The average molecular weight is 313 g/mol. The number of hydrogen-bond acceptors (Lipinski definition) is 3. The quantitative estimate of drug-likeness (QED) is 0.736. The van der Waals surface area contributed by atoms with E-state index in [9.17, 15) is 9.59 Å². The fraction of sp³-hybridized carbons (Fsp3) is 0.333. The second kappa shape index (κ2) is 5.86. The van der Waals surface area contributed by atoms with Crippen LogP contribution in [0.1, 0.15) is 31.1 Å². The van der Waals surface area contributed by atoms with E-state index in [0.717, 1.165) is 4.47 Å². The number of azo groups is 1. The lowest BCUT2D eigenvalue weighted by molar-refractivity contribution is 0.0584. The van der Waals surface area contributed by atoms with E-state index in [2.05, 4.69) is 26.2 Å². The summed E-state index contributed by atoms with van der Waals surface area (Å²) in [5.41, 5.74) is -0.304. The molecule has 0 heterocycles. The van der Waals surface area contributed by atoms with Crippen molar-refractivity contribution in [3.8, 4) is 0 Å². The summed E-state index contributed by atoms with van der Waals surface area (Å²) < 4.78 is 5.73. The maximum absolute atomic E-state index is 11.5. The third-order valence-electron chi connectivity index (χ3n) is 1.71. The highest BCUT2D eigenvalue weighted by Crippen LogP contribution is 2.12. The molecule has 0 unspecified atom stereocenters. The van der Waals surface area contributed by atoms with Gasteiger partial charge in [0.05, 0.1) is 0 Å². The summed E-state index contributed by atoms with van der Waals surface area (Å²) in [5.74, 6) is -0.589. The second-order valence-electron chi connectivity index (χ2n) is 4.49. The van der Waals surface area contributed by atoms with Gasteiger partial charge in [-0.1, -0.05) is 26.2 Å². The molecule has 0 saturated heterocycles. The van der Waals surface area contributed by atoms with Crippen molar-refractivity contribution in [3.63, 3.8) is 0 Å². The third-order valence-corrected chi connectivity index (χ3v) is 2.24. The standard InChI is InChI=1S/C12H13BrN2O3/c1-12(2,3)18-11(17)15-14-10(16)8-4-6-9(13)7-5-8/h4-7H,1-3H3. The topological polar surface area (TPSA) is 68.1 Å². The first-order chi connectivity index (χ1) is 8.28. The van der Waals surface area contributed by atoms with E-state index >= 15 is 0 Å². The number of nitrogens with zero attached hydrogens (tertiary/aromatic N) is 2. The number of halogens is 1. The molecule has 18 heavy (non-hydrogen) atoms. The van der Waals surface area contributed by atoms with E-state index in [0.29, 0.717) is 5.56 Å². The number of carbonyl (C=O) groups excluding carboxylic acids is 2. The Morgan fingerprint density at radius 1 is 1.11 bits per heavy atom. The van der Waals surface area contributed by atoms with Gasteiger partial charge < -0.3 is 4.74 Å². The number of hydrogen-bond donors (Lipinski definition) is 0. The Balaban J connectivity index is 2.65. The minimum atomic E-state index is -0.882. The fourth-order valence-electron chi connectivity index (χ4n) is 1.02.